The van der Waals surface area contributed by atoms with Gasteiger partial charge in [-0.25, -0.2) is 0 Å². The van der Waals surface area contributed by atoms with Crippen LogP contribution < -0.4 is 4.74 Å². The van der Waals surface area contributed by atoms with Gasteiger partial charge in [0.1, 0.15) is 11.5 Å². The van der Waals surface area contributed by atoms with Gasteiger partial charge in [0.2, 0.25) is 0 Å². The topological polar surface area (TPSA) is 66.8 Å². The smallest absolute Gasteiger partial charge is 0.306 e. The van der Waals surface area contributed by atoms with Gasteiger partial charge in [0.15, 0.2) is 0 Å². The molecule has 0 saturated heterocycles. The maximum atomic E-state index is 10.3. The molecule has 1 rings (SSSR count). The average molecular weight is 238 g/mol. The summed E-state index contributed by atoms with van der Waals surface area (Å²) in [6.07, 6.45) is -0.0360. The van der Waals surface area contributed by atoms with E-state index in [-0.39, 0.29) is 24.2 Å². The molecule has 2 N–H and O–H groups in total. The van der Waals surface area contributed by atoms with Crippen molar-refractivity contribution in [2.45, 2.75) is 32.6 Å². The predicted molar refractivity (Wildman–Crippen MR) is 64.6 cm³/mol. The molecule has 0 aliphatic carbocycles. The fourth-order valence-corrected chi connectivity index (χ4v) is 1.46. The van der Waals surface area contributed by atoms with Crippen molar-refractivity contribution >= 4 is 5.97 Å². The summed E-state index contributed by atoms with van der Waals surface area (Å²) in [5.41, 5.74) is 0.598. The third-order valence-corrected chi connectivity index (χ3v) is 2.36. The maximum absolute atomic E-state index is 10.3. The van der Waals surface area contributed by atoms with Crippen LogP contribution in [0, 0.1) is 0 Å². The SMILES string of the molecule is CC(C)(C)c1cc(OCCC(=O)O)ccc1O. The quantitative estimate of drug-likeness (QED) is 0.846. The summed E-state index contributed by atoms with van der Waals surface area (Å²) in [6.45, 7) is 6.10. The molecular formula is C13H18O4. The number of phenolic OH excluding ortho intramolecular Hbond substituents is 1. The van der Waals surface area contributed by atoms with Crippen LogP contribution in [0.4, 0.5) is 0 Å². The van der Waals surface area contributed by atoms with Crippen molar-refractivity contribution in [2.75, 3.05) is 6.61 Å². The van der Waals surface area contributed by atoms with Crippen molar-refractivity contribution in [1.82, 2.24) is 0 Å². The number of carboxylic acids is 1. The number of benzene rings is 1. The lowest BCUT2D eigenvalue weighted by Gasteiger charge is -2.21. The van der Waals surface area contributed by atoms with E-state index >= 15 is 0 Å². The maximum Gasteiger partial charge on any atom is 0.306 e. The number of aromatic hydroxyl groups is 1. The van der Waals surface area contributed by atoms with Crippen LogP contribution >= 0.6 is 0 Å². The number of carboxylic acid groups (broad SMARTS) is 1. The summed E-state index contributed by atoms with van der Waals surface area (Å²) < 4.78 is 5.32. The number of phenols is 1. The average Bonchev–Trinajstić information content (AvgIpc) is 2.18. The highest BCUT2D eigenvalue weighted by molar-refractivity contribution is 5.66. The Morgan fingerprint density at radius 2 is 2.00 bits per heavy atom. The van der Waals surface area contributed by atoms with Crippen molar-refractivity contribution in [2.24, 2.45) is 0 Å². The number of carbonyl (C=O) groups is 1. The zero-order valence-electron chi connectivity index (χ0n) is 10.4. The summed E-state index contributed by atoms with van der Waals surface area (Å²) in [7, 11) is 0. The first-order chi connectivity index (χ1) is 7.80. The van der Waals surface area contributed by atoms with Gasteiger partial charge < -0.3 is 14.9 Å². The summed E-state index contributed by atoms with van der Waals surface area (Å²) in [5.74, 6) is -0.0862. The van der Waals surface area contributed by atoms with E-state index in [0.29, 0.717) is 5.75 Å². The molecular weight excluding hydrogens is 220 g/mol. The molecule has 1 aromatic rings. The molecule has 0 aromatic heterocycles. The van der Waals surface area contributed by atoms with Gasteiger partial charge in [-0.15, -0.1) is 0 Å². The summed E-state index contributed by atoms with van der Waals surface area (Å²) in [5, 5.41) is 18.2. The molecule has 0 radical (unpaired) electrons. The number of ether oxygens (including phenoxy) is 1. The van der Waals surface area contributed by atoms with Crippen LogP contribution in [0.15, 0.2) is 18.2 Å². The first-order valence-electron chi connectivity index (χ1n) is 5.49. The first kappa shape index (κ1) is 13.4. The van der Waals surface area contributed by atoms with E-state index in [4.69, 9.17) is 9.84 Å². The molecule has 4 heteroatoms. The Balaban J connectivity index is 2.79. The van der Waals surface area contributed by atoms with Crippen LogP contribution in [-0.2, 0) is 10.2 Å². The van der Waals surface area contributed by atoms with Gasteiger partial charge in [0.05, 0.1) is 13.0 Å². The van der Waals surface area contributed by atoms with Gasteiger partial charge in [-0.3, -0.25) is 4.79 Å². The Bertz CT molecular complexity index is 404. The van der Waals surface area contributed by atoms with E-state index < -0.39 is 5.97 Å². The minimum Gasteiger partial charge on any atom is -0.508 e. The molecule has 0 fully saturated rings. The normalized spacial score (nSPS) is 11.2. The Hall–Kier alpha value is -1.71. The second-order valence-corrected chi connectivity index (χ2v) is 4.92. The molecule has 0 aliphatic rings. The number of hydrogen-bond acceptors (Lipinski definition) is 3. The fourth-order valence-electron chi connectivity index (χ4n) is 1.46. The molecule has 0 aliphatic heterocycles. The number of rotatable bonds is 4. The van der Waals surface area contributed by atoms with E-state index in [1.54, 1.807) is 18.2 Å². The molecule has 94 valence electrons. The summed E-state index contributed by atoms with van der Waals surface area (Å²) in [6, 6.07) is 4.94. The van der Waals surface area contributed by atoms with E-state index in [1.165, 1.54) is 0 Å². The van der Waals surface area contributed by atoms with E-state index in [9.17, 15) is 9.90 Å². The van der Waals surface area contributed by atoms with Crippen LogP contribution in [0.2, 0.25) is 0 Å². The Labute approximate surface area is 101 Å². The third kappa shape index (κ3) is 3.98. The monoisotopic (exact) mass is 238 g/mol. The van der Waals surface area contributed by atoms with Gasteiger partial charge in [0, 0.05) is 5.56 Å². The molecule has 17 heavy (non-hydrogen) atoms. The molecule has 0 saturated carbocycles. The van der Waals surface area contributed by atoms with Gasteiger partial charge in [-0.05, 0) is 23.6 Å². The zero-order valence-corrected chi connectivity index (χ0v) is 10.4. The van der Waals surface area contributed by atoms with Gasteiger partial charge in [-0.2, -0.15) is 0 Å². The second-order valence-electron chi connectivity index (χ2n) is 4.92. The van der Waals surface area contributed by atoms with Crippen molar-refractivity contribution in [3.8, 4) is 11.5 Å². The van der Waals surface area contributed by atoms with Crippen molar-refractivity contribution in [3.63, 3.8) is 0 Å². The molecule has 0 spiro atoms. The molecule has 0 heterocycles. The third-order valence-electron chi connectivity index (χ3n) is 2.36. The van der Waals surface area contributed by atoms with Crippen LogP contribution in [0.1, 0.15) is 32.8 Å². The van der Waals surface area contributed by atoms with Crippen LogP contribution in [0.5, 0.6) is 11.5 Å². The van der Waals surface area contributed by atoms with Crippen LogP contribution in [-0.4, -0.2) is 22.8 Å². The van der Waals surface area contributed by atoms with Crippen LogP contribution in [0.3, 0.4) is 0 Å². The van der Waals surface area contributed by atoms with Crippen molar-refractivity contribution in [3.05, 3.63) is 23.8 Å². The number of hydrogen-bond donors (Lipinski definition) is 2. The standard InChI is InChI=1S/C13H18O4/c1-13(2,3)10-8-9(4-5-11(10)14)17-7-6-12(15)16/h4-5,8,14H,6-7H2,1-3H3,(H,15,16). The number of aliphatic carboxylic acids is 1. The second kappa shape index (κ2) is 5.08. The van der Waals surface area contributed by atoms with Crippen molar-refractivity contribution in [1.29, 1.82) is 0 Å². The Morgan fingerprint density at radius 3 is 2.53 bits per heavy atom. The summed E-state index contributed by atoms with van der Waals surface area (Å²) >= 11 is 0. The van der Waals surface area contributed by atoms with Crippen LogP contribution in [0.25, 0.3) is 0 Å². The van der Waals surface area contributed by atoms with Gasteiger partial charge >= 0.3 is 5.97 Å². The highest BCUT2D eigenvalue weighted by atomic mass is 16.5. The highest BCUT2D eigenvalue weighted by Crippen LogP contribution is 2.33. The Morgan fingerprint density at radius 1 is 1.35 bits per heavy atom. The molecule has 0 atom stereocenters. The molecule has 0 amide bonds. The van der Waals surface area contributed by atoms with E-state index in [1.807, 2.05) is 20.8 Å². The largest absolute Gasteiger partial charge is 0.508 e. The molecule has 0 unspecified atom stereocenters. The van der Waals surface area contributed by atoms with Crippen molar-refractivity contribution < 1.29 is 19.7 Å². The highest BCUT2D eigenvalue weighted by Gasteiger charge is 2.18. The predicted octanol–water partition coefficient (Wildman–Crippen LogP) is 2.54. The zero-order chi connectivity index (χ0) is 13.1. The lowest BCUT2D eigenvalue weighted by atomic mass is 9.86. The molecule has 4 nitrogen and oxygen atoms in total. The molecule has 1 aromatic carbocycles. The lowest BCUT2D eigenvalue weighted by molar-refractivity contribution is -0.137. The minimum atomic E-state index is -0.889. The lowest BCUT2D eigenvalue weighted by Crippen LogP contribution is -2.12. The summed E-state index contributed by atoms with van der Waals surface area (Å²) in [4.78, 5) is 10.3. The molecule has 0 bridgehead atoms. The minimum absolute atomic E-state index is 0.0360. The Kier molecular flexibility index (Phi) is 3.99. The van der Waals surface area contributed by atoms with E-state index in [2.05, 4.69) is 0 Å². The van der Waals surface area contributed by atoms with Gasteiger partial charge in [0.25, 0.3) is 0 Å². The van der Waals surface area contributed by atoms with E-state index in [0.717, 1.165) is 5.56 Å². The van der Waals surface area contributed by atoms with Gasteiger partial charge in [-0.1, -0.05) is 20.8 Å². The fraction of sp³-hybridized carbons (Fsp3) is 0.462. The first-order valence-corrected chi connectivity index (χ1v) is 5.49.